The molecule has 85 heavy (non-hydrogen) atoms. The van der Waals surface area contributed by atoms with E-state index in [0.717, 1.165) is 23.0 Å². The fourth-order valence-corrected chi connectivity index (χ4v) is 14.6. The van der Waals surface area contributed by atoms with E-state index in [-0.39, 0.29) is 78.2 Å². The number of carbonyl (C=O) groups excluding carboxylic acids is 5. The lowest BCUT2D eigenvalue weighted by Gasteiger charge is -2.33. The van der Waals surface area contributed by atoms with Gasteiger partial charge in [0.25, 0.3) is 0 Å². The van der Waals surface area contributed by atoms with E-state index >= 15 is 9.59 Å². The molecule has 0 radical (unpaired) electrons. The van der Waals surface area contributed by atoms with E-state index in [9.17, 15) is 40.0 Å². The van der Waals surface area contributed by atoms with Crippen molar-refractivity contribution in [2.75, 3.05) is 85.7 Å². The van der Waals surface area contributed by atoms with Crippen LogP contribution in [-0.4, -0.2) is 228 Å². The quantitative estimate of drug-likeness (QED) is 0.102. The van der Waals surface area contributed by atoms with E-state index in [4.69, 9.17) is 9.47 Å². The molecular weight excluding hydrogens is 1150 g/mol. The van der Waals surface area contributed by atoms with Crippen molar-refractivity contribution in [1.82, 2.24) is 58.8 Å². The van der Waals surface area contributed by atoms with E-state index < -0.39 is 133 Å². The van der Waals surface area contributed by atoms with Gasteiger partial charge in [-0.15, -0.1) is 5.10 Å². The van der Waals surface area contributed by atoms with Gasteiger partial charge in [0, 0.05) is 75.8 Å². The number of likely N-dealkylation sites (N-methyl/N-ethyl adjacent to an activating group) is 2. The van der Waals surface area contributed by atoms with Gasteiger partial charge in [0.1, 0.15) is 47.6 Å². The minimum atomic E-state index is -3.76. The van der Waals surface area contributed by atoms with Crippen molar-refractivity contribution in [2.24, 2.45) is 22.2 Å². The molecule has 2 N–H and O–H groups in total. The van der Waals surface area contributed by atoms with Crippen LogP contribution in [0.5, 0.6) is 0 Å². The molecule has 0 bridgehead atoms. The molecule has 468 valence electrons. The van der Waals surface area contributed by atoms with Gasteiger partial charge >= 0.3 is 6.09 Å². The number of benzene rings is 2. The van der Waals surface area contributed by atoms with Crippen molar-refractivity contribution in [3.05, 3.63) is 71.9 Å². The van der Waals surface area contributed by atoms with Gasteiger partial charge in [-0.1, -0.05) is 35.4 Å². The Morgan fingerprint density at radius 3 is 1.72 bits per heavy atom. The van der Waals surface area contributed by atoms with Gasteiger partial charge in [0.15, 0.2) is 0 Å². The molecule has 2 aromatic carbocycles. The summed E-state index contributed by atoms with van der Waals surface area (Å²) in [5, 5.41) is 25.0. The number of nitrogens with zero attached hydrogens (tertiary/aromatic N) is 12. The fraction of sp³-hybridized carbons (Fsp3) is 0.661. The summed E-state index contributed by atoms with van der Waals surface area (Å²) < 4.78 is 96.8. The zero-order chi connectivity index (χ0) is 61.9. The Morgan fingerprint density at radius 2 is 1.21 bits per heavy atom. The highest BCUT2D eigenvalue weighted by Crippen LogP contribution is 2.41. The third-order valence-corrected chi connectivity index (χ3v) is 18.6. The van der Waals surface area contributed by atoms with Crippen LogP contribution in [0.1, 0.15) is 91.7 Å². The second-order valence-electron chi connectivity index (χ2n) is 25.2. The molecule has 9 unspecified atom stereocenters. The first-order valence-corrected chi connectivity index (χ1v) is 32.5. The zero-order valence-corrected chi connectivity index (χ0v) is 51.8. The number of sulfonamides is 2. The molecule has 4 saturated heterocycles. The minimum absolute atomic E-state index is 0.0358. The Morgan fingerprint density at radius 1 is 0.706 bits per heavy atom. The number of unbranched alkanes of at least 4 members (excludes halogenated alkanes) is 1. The van der Waals surface area contributed by atoms with Crippen molar-refractivity contribution in [3.63, 3.8) is 0 Å². The zero-order valence-electron chi connectivity index (χ0n) is 50.1. The maximum atomic E-state index is 15.2. The number of carbonyl (C=O) groups is 5. The van der Waals surface area contributed by atoms with Crippen LogP contribution in [0.25, 0.3) is 11.3 Å². The maximum Gasteiger partial charge on any atom is 0.410 e. The molecule has 5 aliphatic rings. The van der Waals surface area contributed by atoms with Crippen molar-refractivity contribution < 1.29 is 59.1 Å². The van der Waals surface area contributed by atoms with Crippen LogP contribution in [0.3, 0.4) is 0 Å². The van der Waals surface area contributed by atoms with E-state index in [2.05, 4.69) is 31.3 Å². The maximum absolute atomic E-state index is 15.2. The van der Waals surface area contributed by atoms with Gasteiger partial charge in [-0.2, -0.15) is 13.7 Å². The average Bonchev–Trinajstić information content (AvgIpc) is 1.64. The molecule has 4 fully saturated rings. The highest BCUT2D eigenvalue weighted by atomic mass is 32.2. The van der Waals surface area contributed by atoms with Gasteiger partial charge in [0.05, 0.1) is 56.2 Å². The molecule has 8 rings (SSSR count). The third-order valence-electron chi connectivity index (χ3n) is 16.0. The summed E-state index contributed by atoms with van der Waals surface area (Å²) in [6.45, 7) is 11.5. The third kappa shape index (κ3) is 16.6. The van der Waals surface area contributed by atoms with Crippen LogP contribution in [-0.2, 0) is 55.2 Å². The van der Waals surface area contributed by atoms with Crippen LogP contribution in [0.15, 0.2) is 65.1 Å². The molecule has 5 aliphatic heterocycles. The van der Waals surface area contributed by atoms with Gasteiger partial charge in [-0.25, -0.2) is 30.4 Å². The van der Waals surface area contributed by atoms with E-state index in [1.165, 1.54) is 39.9 Å². The van der Waals surface area contributed by atoms with Crippen LogP contribution in [0, 0.1) is 23.5 Å². The number of amides is 5. The van der Waals surface area contributed by atoms with Crippen molar-refractivity contribution in [3.8, 4) is 11.3 Å². The first-order valence-electron chi connectivity index (χ1n) is 28.8. The Balaban J connectivity index is 1.02. The summed E-state index contributed by atoms with van der Waals surface area (Å²) in [4.78, 5) is 77.4. The number of halogens is 2. The number of hydrogen-bond acceptors (Lipinski definition) is 17. The van der Waals surface area contributed by atoms with E-state index in [0.29, 0.717) is 30.6 Å². The first-order chi connectivity index (χ1) is 39.8. The molecule has 25 nitrogen and oxygen atoms in total. The number of aromatic nitrogens is 3. The second kappa shape index (κ2) is 26.4. The van der Waals surface area contributed by atoms with Gasteiger partial charge in [0.2, 0.25) is 43.7 Å². The Bertz CT molecular complexity index is 3140. The molecule has 6 heterocycles. The topological polar surface area (TPSA) is 274 Å². The lowest BCUT2D eigenvalue weighted by Crippen LogP contribution is -2.54. The summed E-state index contributed by atoms with van der Waals surface area (Å²) in [7, 11) is -4.41. The van der Waals surface area contributed by atoms with Crippen LogP contribution < -0.4 is 10.6 Å². The van der Waals surface area contributed by atoms with Gasteiger partial charge in [-0.05, 0) is 116 Å². The smallest absolute Gasteiger partial charge is 0.410 e. The average molecular weight is 1230 g/mol. The fourth-order valence-electron chi connectivity index (χ4n) is 12.3. The summed E-state index contributed by atoms with van der Waals surface area (Å²) in [6, 6.07) is 6.62. The number of rotatable bonds is 23. The lowest BCUT2D eigenvalue weighted by molar-refractivity contribution is -0.139. The molecule has 0 spiro atoms. The summed E-state index contributed by atoms with van der Waals surface area (Å²) in [5.74, 6) is -3.74. The van der Waals surface area contributed by atoms with Crippen molar-refractivity contribution in [2.45, 2.75) is 140 Å². The van der Waals surface area contributed by atoms with Crippen molar-refractivity contribution >= 4 is 49.8 Å². The van der Waals surface area contributed by atoms with Crippen LogP contribution in [0.2, 0.25) is 0 Å². The number of likely N-dealkylation sites (tertiary alicyclic amines) is 2. The molecule has 1 aromatic heterocycles. The van der Waals surface area contributed by atoms with Gasteiger partial charge < -0.3 is 34.8 Å². The largest absolute Gasteiger partial charge is 0.444 e. The number of ether oxygens (including phenoxy) is 2. The molecular formula is C56H82F2N14O11S2. The number of hydrogen-bond donors (Lipinski definition) is 2. The molecule has 0 aliphatic carbocycles. The first kappa shape index (κ1) is 64.7. The predicted molar refractivity (Wildman–Crippen MR) is 308 cm³/mol. The Kier molecular flexibility index (Phi) is 20.1. The number of nitrogens with one attached hydrogen (secondary N) is 2. The lowest BCUT2D eigenvalue weighted by atomic mass is 9.97. The van der Waals surface area contributed by atoms with Crippen LogP contribution >= 0.6 is 0 Å². The molecule has 29 heteroatoms. The second-order valence-corrected chi connectivity index (χ2v) is 29.0. The Hall–Kier alpha value is -6.27. The summed E-state index contributed by atoms with van der Waals surface area (Å²) >= 11 is 0. The predicted octanol–water partition coefficient (Wildman–Crippen LogP) is 3.47. The SMILES string of the molecule is CN(COC(C)(C)C)CC(=O)NC(CCCCC(NC(=O)CN(C)C(=O)OC(C)(C)C)C(=O)N1CCC2C1C(CN1CC(c3ccc(F)cc3)N=N1)CN2S(C)(=O)=O)C(=O)N1CCC2C1C(Cn1cc(-c3ccc(F)cc3)nn1)CN2S(C)(=O)=O. The minimum Gasteiger partial charge on any atom is -0.444 e. The number of fused-ring (bicyclic) bond motifs is 2. The summed E-state index contributed by atoms with van der Waals surface area (Å²) in [6.07, 6.45) is 4.42. The van der Waals surface area contributed by atoms with E-state index in [1.54, 1.807) is 82.7 Å². The van der Waals surface area contributed by atoms with Crippen LogP contribution in [0.4, 0.5) is 13.6 Å². The van der Waals surface area contributed by atoms with E-state index in [1.807, 2.05) is 20.8 Å². The van der Waals surface area contributed by atoms with Crippen molar-refractivity contribution in [1.29, 1.82) is 0 Å². The highest BCUT2D eigenvalue weighted by molar-refractivity contribution is 7.88. The molecule has 3 aromatic rings. The van der Waals surface area contributed by atoms with Gasteiger partial charge in [-0.3, -0.25) is 33.8 Å². The highest BCUT2D eigenvalue weighted by Gasteiger charge is 2.55. The Labute approximate surface area is 496 Å². The summed E-state index contributed by atoms with van der Waals surface area (Å²) in [5.41, 5.74) is 0.487. The normalized spacial score (nSPS) is 23.5. The standard InChI is InChI=1S/C56H82F2N14O11S2/c1-55(2,3)82-35-65(7)33-48(73)59-42(52(75)69-25-23-46-50(69)38(29-71(46)84(9,78)79)27-67-31-44(61-63-67)36-15-19-40(57)20-16-36)13-11-12-14-43(60-49(74)34-66(8)54(77)83-56(4,5)6)53(76)70-26-24-47-51(70)39(30-72(47)85(10,80)81)28-68-32-45(62-64-68)37-17-21-41(58)22-18-37/h15-22,31,38-39,42-43,45-47,50-51H,11-14,23-30,32-35H2,1-10H3,(H,59,73)(H,60,74). The monoisotopic (exact) mass is 1230 g/mol. The molecule has 0 saturated carbocycles. The molecule has 9 atom stereocenters. The molecule has 5 amide bonds.